The van der Waals surface area contributed by atoms with Crippen LogP contribution in [0.1, 0.15) is 32.6 Å². The number of nitrogens with one attached hydrogen (secondary N) is 2. The summed E-state index contributed by atoms with van der Waals surface area (Å²) in [6, 6.07) is 1.91. The SMILES string of the molecule is CNC(=O)C(C)N(C)C1CC2CCC(C1)N2. The number of nitrogens with zero attached hydrogens (tertiary/aromatic N) is 1. The zero-order valence-electron chi connectivity index (χ0n) is 10.5. The Balaban J connectivity index is 1.94. The Bertz CT molecular complexity index is 257. The summed E-state index contributed by atoms with van der Waals surface area (Å²) < 4.78 is 0. The average molecular weight is 225 g/mol. The van der Waals surface area contributed by atoms with E-state index in [0.717, 1.165) is 0 Å². The van der Waals surface area contributed by atoms with Gasteiger partial charge < -0.3 is 10.6 Å². The second-order valence-corrected chi connectivity index (χ2v) is 5.22. The van der Waals surface area contributed by atoms with Gasteiger partial charge in [0.2, 0.25) is 5.91 Å². The van der Waals surface area contributed by atoms with E-state index in [4.69, 9.17) is 0 Å². The minimum absolute atomic E-state index is 0.0208. The Labute approximate surface area is 97.8 Å². The lowest BCUT2D eigenvalue weighted by atomic mass is 9.97. The predicted molar refractivity (Wildman–Crippen MR) is 64.3 cm³/mol. The van der Waals surface area contributed by atoms with Crippen molar-refractivity contribution in [1.29, 1.82) is 0 Å². The molecule has 2 bridgehead atoms. The number of amides is 1. The number of likely N-dealkylation sites (N-methyl/N-ethyl adjacent to an activating group) is 2. The lowest BCUT2D eigenvalue weighted by Gasteiger charge is -2.38. The van der Waals surface area contributed by atoms with Crippen LogP contribution in [0.2, 0.25) is 0 Å². The Morgan fingerprint density at radius 2 is 1.94 bits per heavy atom. The fraction of sp³-hybridized carbons (Fsp3) is 0.917. The number of hydrogen-bond acceptors (Lipinski definition) is 3. The van der Waals surface area contributed by atoms with Crippen LogP contribution < -0.4 is 10.6 Å². The van der Waals surface area contributed by atoms with Gasteiger partial charge in [0.15, 0.2) is 0 Å². The Morgan fingerprint density at radius 3 is 2.44 bits per heavy atom. The molecule has 2 fully saturated rings. The van der Waals surface area contributed by atoms with Gasteiger partial charge in [-0.15, -0.1) is 0 Å². The van der Waals surface area contributed by atoms with E-state index in [0.29, 0.717) is 18.1 Å². The molecule has 2 saturated heterocycles. The van der Waals surface area contributed by atoms with Gasteiger partial charge in [-0.1, -0.05) is 0 Å². The van der Waals surface area contributed by atoms with Gasteiger partial charge in [0, 0.05) is 25.2 Å². The first kappa shape index (κ1) is 11.9. The number of carbonyl (C=O) groups excluding carboxylic acids is 1. The molecule has 4 nitrogen and oxygen atoms in total. The Kier molecular flexibility index (Phi) is 3.50. The lowest BCUT2D eigenvalue weighted by Crippen LogP contribution is -2.52. The van der Waals surface area contributed by atoms with E-state index >= 15 is 0 Å². The van der Waals surface area contributed by atoms with Crippen molar-refractivity contribution in [1.82, 2.24) is 15.5 Å². The molecule has 0 aliphatic carbocycles. The maximum atomic E-state index is 11.6. The van der Waals surface area contributed by atoms with Crippen molar-refractivity contribution in [2.75, 3.05) is 14.1 Å². The third-order valence-electron chi connectivity index (χ3n) is 4.26. The average Bonchev–Trinajstić information content (AvgIpc) is 2.65. The van der Waals surface area contributed by atoms with E-state index in [9.17, 15) is 4.79 Å². The third-order valence-corrected chi connectivity index (χ3v) is 4.26. The second-order valence-electron chi connectivity index (χ2n) is 5.22. The summed E-state index contributed by atoms with van der Waals surface area (Å²) in [6.07, 6.45) is 5.00. The number of hydrogen-bond donors (Lipinski definition) is 2. The summed E-state index contributed by atoms with van der Waals surface area (Å²) in [5.74, 6) is 0.119. The normalized spacial score (nSPS) is 35.1. The van der Waals surface area contributed by atoms with Crippen LogP contribution >= 0.6 is 0 Å². The maximum absolute atomic E-state index is 11.6. The molecule has 2 N–H and O–H groups in total. The summed E-state index contributed by atoms with van der Waals surface area (Å²) in [6.45, 7) is 1.99. The summed E-state index contributed by atoms with van der Waals surface area (Å²) in [5, 5.41) is 6.36. The van der Waals surface area contributed by atoms with Gasteiger partial charge in [0.1, 0.15) is 0 Å². The van der Waals surface area contributed by atoms with Crippen LogP contribution in [0.5, 0.6) is 0 Å². The second kappa shape index (κ2) is 4.72. The van der Waals surface area contributed by atoms with Crippen molar-refractivity contribution < 1.29 is 4.79 Å². The van der Waals surface area contributed by atoms with Gasteiger partial charge in [0.05, 0.1) is 6.04 Å². The van der Waals surface area contributed by atoms with Crippen molar-refractivity contribution in [2.45, 2.75) is 56.8 Å². The minimum atomic E-state index is -0.0208. The van der Waals surface area contributed by atoms with Crippen molar-refractivity contribution in [3.63, 3.8) is 0 Å². The zero-order chi connectivity index (χ0) is 11.7. The molecule has 2 rings (SSSR count). The van der Waals surface area contributed by atoms with Gasteiger partial charge in [-0.05, 0) is 39.7 Å². The van der Waals surface area contributed by atoms with Crippen LogP contribution in [0.25, 0.3) is 0 Å². The molecule has 0 saturated carbocycles. The minimum Gasteiger partial charge on any atom is -0.358 e. The van der Waals surface area contributed by atoms with E-state index < -0.39 is 0 Å². The molecule has 16 heavy (non-hydrogen) atoms. The quantitative estimate of drug-likeness (QED) is 0.728. The molecule has 0 radical (unpaired) electrons. The van der Waals surface area contributed by atoms with Crippen molar-refractivity contribution in [3.05, 3.63) is 0 Å². The number of piperidine rings is 1. The third kappa shape index (κ3) is 2.23. The van der Waals surface area contributed by atoms with E-state index in [-0.39, 0.29) is 11.9 Å². The first-order chi connectivity index (χ1) is 7.61. The Hall–Kier alpha value is -0.610. The van der Waals surface area contributed by atoms with Crippen LogP contribution in [0.4, 0.5) is 0 Å². The highest BCUT2D eigenvalue weighted by Gasteiger charge is 2.36. The maximum Gasteiger partial charge on any atom is 0.236 e. The number of rotatable bonds is 3. The highest BCUT2D eigenvalue weighted by atomic mass is 16.2. The van der Waals surface area contributed by atoms with Crippen molar-refractivity contribution in [2.24, 2.45) is 0 Å². The lowest BCUT2D eigenvalue weighted by molar-refractivity contribution is -0.126. The first-order valence-electron chi connectivity index (χ1n) is 6.31. The molecule has 92 valence electrons. The summed E-state index contributed by atoms with van der Waals surface area (Å²) in [5.41, 5.74) is 0. The number of carbonyl (C=O) groups is 1. The van der Waals surface area contributed by atoms with Crippen LogP contribution in [0, 0.1) is 0 Å². The van der Waals surface area contributed by atoms with E-state index in [1.807, 2.05) is 6.92 Å². The molecule has 0 aromatic carbocycles. The van der Waals surface area contributed by atoms with E-state index in [2.05, 4.69) is 22.6 Å². The van der Waals surface area contributed by atoms with Crippen molar-refractivity contribution in [3.8, 4) is 0 Å². The van der Waals surface area contributed by atoms with Crippen molar-refractivity contribution >= 4 is 5.91 Å². The fourth-order valence-corrected chi connectivity index (χ4v) is 3.07. The first-order valence-corrected chi connectivity index (χ1v) is 6.31. The van der Waals surface area contributed by atoms with Gasteiger partial charge in [-0.25, -0.2) is 0 Å². The molecule has 2 heterocycles. The Morgan fingerprint density at radius 1 is 1.38 bits per heavy atom. The monoisotopic (exact) mass is 225 g/mol. The molecular weight excluding hydrogens is 202 g/mol. The van der Waals surface area contributed by atoms with Crippen LogP contribution in [-0.4, -0.2) is 49.1 Å². The standard InChI is InChI=1S/C12H23N3O/c1-8(12(16)13-2)15(3)11-6-9-4-5-10(7-11)14-9/h8-11,14H,4-7H2,1-3H3,(H,13,16). The van der Waals surface area contributed by atoms with E-state index in [1.165, 1.54) is 25.7 Å². The molecule has 0 aromatic rings. The zero-order valence-corrected chi connectivity index (χ0v) is 10.5. The van der Waals surface area contributed by atoms with Crippen LogP contribution in [-0.2, 0) is 4.79 Å². The molecule has 2 aliphatic rings. The van der Waals surface area contributed by atoms with Gasteiger partial charge in [-0.3, -0.25) is 9.69 Å². The molecular formula is C12H23N3O. The molecule has 4 heteroatoms. The number of fused-ring (bicyclic) bond motifs is 2. The molecule has 3 atom stereocenters. The topological polar surface area (TPSA) is 44.4 Å². The molecule has 2 aliphatic heterocycles. The van der Waals surface area contributed by atoms with Gasteiger partial charge >= 0.3 is 0 Å². The summed E-state index contributed by atoms with van der Waals surface area (Å²) in [4.78, 5) is 13.8. The fourth-order valence-electron chi connectivity index (χ4n) is 3.07. The summed E-state index contributed by atoms with van der Waals surface area (Å²) in [7, 11) is 3.79. The van der Waals surface area contributed by atoms with Crippen LogP contribution in [0.15, 0.2) is 0 Å². The highest BCUT2D eigenvalue weighted by molar-refractivity contribution is 5.80. The molecule has 0 spiro atoms. The highest BCUT2D eigenvalue weighted by Crippen LogP contribution is 2.29. The van der Waals surface area contributed by atoms with Gasteiger partial charge in [-0.2, -0.15) is 0 Å². The van der Waals surface area contributed by atoms with Crippen LogP contribution in [0.3, 0.4) is 0 Å². The van der Waals surface area contributed by atoms with Gasteiger partial charge in [0.25, 0.3) is 0 Å². The smallest absolute Gasteiger partial charge is 0.236 e. The molecule has 1 amide bonds. The largest absolute Gasteiger partial charge is 0.358 e. The molecule has 0 aromatic heterocycles. The predicted octanol–water partition coefficient (Wildman–Crippen LogP) is 0.336. The summed E-state index contributed by atoms with van der Waals surface area (Å²) >= 11 is 0. The molecule has 3 unspecified atom stereocenters. The van der Waals surface area contributed by atoms with E-state index in [1.54, 1.807) is 7.05 Å².